The van der Waals surface area contributed by atoms with Gasteiger partial charge in [0.15, 0.2) is 0 Å². The number of amides is 2. The fourth-order valence-corrected chi connectivity index (χ4v) is 3.04. The molecule has 0 unspecified atom stereocenters. The molecule has 116 valence electrons. The van der Waals surface area contributed by atoms with Crippen LogP contribution in [0.4, 0.5) is 5.69 Å². The molecule has 2 aromatic rings. The number of likely N-dealkylation sites (N-methyl/N-ethyl adjacent to an activating group) is 1. The number of carbonyl (C=O) groups is 2. The first kappa shape index (κ1) is 16.5. The van der Waals surface area contributed by atoms with Gasteiger partial charge in [-0.05, 0) is 26.0 Å². The predicted octanol–water partition coefficient (Wildman–Crippen LogP) is 3.12. The van der Waals surface area contributed by atoms with E-state index in [0.29, 0.717) is 21.3 Å². The summed E-state index contributed by atoms with van der Waals surface area (Å²) in [6, 6.07) is 6.95. The first-order chi connectivity index (χ1) is 10.4. The highest BCUT2D eigenvalue weighted by atomic mass is 35.5. The van der Waals surface area contributed by atoms with Crippen molar-refractivity contribution in [2.75, 3.05) is 18.9 Å². The quantitative estimate of drug-likeness (QED) is 0.932. The number of aromatic nitrogens is 1. The normalized spacial score (nSPS) is 10.4. The summed E-state index contributed by atoms with van der Waals surface area (Å²) in [7, 11) is 1.59. The number of nitrogens with one attached hydrogen (secondary N) is 1. The Hall–Kier alpha value is -1.92. The van der Waals surface area contributed by atoms with E-state index in [1.165, 1.54) is 16.2 Å². The molecular formula is C15H16ClN3O2S. The maximum absolute atomic E-state index is 12.3. The molecule has 22 heavy (non-hydrogen) atoms. The van der Waals surface area contributed by atoms with Crippen LogP contribution in [-0.4, -0.2) is 35.3 Å². The average molecular weight is 338 g/mol. The number of halogens is 1. The number of hydrogen-bond donors (Lipinski definition) is 1. The van der Waals surface area contributed by atoms with Crippen molar-refractivity contribution in [1.82, 2.24) is 9.88 Å². The van der Waals surface area contributed by atoms with E-state index in [9.17, 15) is 9.59 Å². The minimum Gasteiger partial charge on any atom is -0.332 e. The Bertz CT molecular complexity index is 715. The summed E-state index contributed by atoms with van der Waals surface area (Å²) >= 11 is 7.31. The van der Waals surface area contributed by atoms with Gasteiger partial charge in [0.2, 0.25) is 5.91 Å². The van der Waals surface area contributed by atoms with Crippen molar-refractivity contribution in [1.29, 1.82) is 0 Å². The summed E-state index contributed by atoms with van der Waals surface area (Å²) in [5.41, 5.74) is 1.21. The summed E-state index contributed by atoms with van der Waals surface area (Å²) in [5, 5.41) is 3.98. The Morgan fingerprint density at radius 3 is 2.59 bits per heavy atom. The number of thiazole rings is 1. The summed E-state index contributed by atoms with van der Waals surface area (Å²) in [6.45, 7) is 3.58. The third kappa shape index (κ3) is 3.84. The number of aryl methyl sites for hydroxylation is 2. The number of benzene rings is 1. The van der Waals surface area contributed by atoms with Gasteiger partial charge >= 0.3 is 0 Å². The molecule has 0 bridgehead atoms. The molecule has 0 radical (unpaired) electrons. The van der Waals surface area contributed by atoms with Gasteiger partial charge in [-0.15, -0.1) is 11.3 Å². The summed E-state index contributed by atoms with van der Waals surface area (Å²) in [4.78, 5) is 30.5. The smallest absolute Gasteiger partial charge is 0.266 e. The van der Waals surface area contributed by atoms with E-state index in [1.807, 2.05) is 6.92 Å². The molecule has 7 heteroatoms. The summed E-state index contributed by atoms with van der Waals surface area (Å²) < 4.78 is 0. The summed E-state index contributed by atoms with van der Waals surface area (Å²) in [5.74, 6) is -0.514. The molecule has 0 saturated carbocycles. The first-order valence-electron chi connectivity index (χ1n) is 6.62. The molecule has 1 aromatic carbocycles. The van der Waals surface area contributed by atoms with Gasteiger partial charge in [-0.2, -0.15) is 0 Å². The Balaban J connectivity index is 2.01. The minimum absolute atomic E-state index is 0.0551. The molecule has 0 aliphatic rings. The van der Waals surface area contributed by atoms with Crippen LogP contribution in [0.15, 0.2) is 24.3 Å². The molecule has 0 fully saturated rings. The summed E-state index contributed by atoms with van der Waals surface area (Å²) in [6.07, 6.45) is 0. The lowest BCUT2D eigenvalue weighted by Crippen LogP contribution is -2.34. The predicted molar refractivity (Wildman–Crippen MR) is 88.6 cm³/mol. The highest BCUT2D eigenvalue weighted by Crippen LogP contribution is 2.21. The van der Waals surface area contributed by atoms with Crippen molar-refractivity contribution in [2.24, 2.45) is 0 Å². The maximum Gasteiger partial charge on any atom is 0.266 e. The van der Waals surface area contributed by atoms with Crippen molar-refractivity contribution < 1.29 is 9.59 Å². The lowest BCUT2D eigenvalue weighted by atomic mass is 10.3. The topological polar surface area (TPSA) is 62.3 Å². The number of hydrogen-bond acceptors (Lipinski definition) is 4. The lowest BCUT2D eigenvalue weighted by Gasteiger charge is -2.16. The van der Waals surface area contributed by atoms with Gasteiger partial charge in [-0.25, -0.2) is 4.98 Å². The van der Waals surface area contributed by atoms with Crippen LogP contribution in [0, 0.1) is 13.8 Å². The van der Waals surface area contributed by atoms with Crippen LogP contribution >= 0.6 is 22.9 Å². The fraction of sp³-hybridized carbons (Fsp3) is 0.267. The highest BCUT2D eigenvalue weighted by Gasteiger charge is 2.20. The molecule has 0 aliphatic carbocycles. The Morgan fingerprint density at radius 2 is 2.00 bits per heavy atom. The fourth-order valence-electron chi connectivity index (χ4n) is 1.94. The van der Waals surface area contributed by atoms with E-state index in [2.05, 4.69) is 10.3 Å². The molecule has 2 amide bonds. The van der Waals surface area contributed by atoms with Crippen LogP contribution in [0.5, 0.6) is 0 Å². The number of rotatable bonds is 4. The van der Waals surface area contributed by atoms with Gasteiger partial charge < -0.3 is 10.2 Å². The van der Waals surface area contributed by atoms with E-state index >= 15 is 0 Å². The first-order valence-corrected chi connectivity index (χ1v) is 7.82. The van der Waals surface area contributed by atoms with Gasteiger partial charge in [0, 0.05) is 7.05 Å². The average Bonchev–Trinajstić information content (AvgIpc) is 2.79. The van der Waals surface area contributed by atoms with Crippen molar-refractivity contribution in [2.45, 2.75) is 13.8 Å². The number of carbonyl (C=O) groups excluding carboxylic acids is 2. The molecule has 2 rings (SSSR count). The molecule has 0 aliphatic heterocycles. The van der Waals surface area contributed by atoms with Crippen molar-refractivity contribution in [3.63, 3.8) is 0 Å². The van der Waals surface area contributed by atoms with Crippen LogP contribution in [0.1, 0.15) is 20.4 Å². The molecule has 5 nitrogen and oxygen atoms in total. The number of para-hydroxylation sites is 1. The van der Waals surface area contributed by atoms with E-state index in [-0.39, 0.29) is 18.4 Å². The standard InChI is InChI=1S/C15H16ClN3O2S/c1-9-14(22-10(2)17-9)15(21)19(3)8-13(20)18-12-7-5-4-6-11(12)16/h4-7H,8H2,1-3H3,(H,18,20). The van der Waals surface area contributed by atoms with Crippen LogP contribution in [0.25, 0.3) is 0 Å². The minimum atomic E-state index is -0.303. The van der Waals surface area contributed by atoms with E-state index < -0.39 is 0 Å². The molecule has 1 heterocycles. The van der Waals surface area contributed by atoms with Gasteiger partial charge in [-0.3, -0.25) is 9.59 Å². The second-order valence-corrected chi connectivity index (χ2v) is 6.45. The third-order valence-electron chi connectivity index (χ3n) is 2.97. The van der Waals surface area contributed by atoms with Gasteiger partial charge in [0.1, 0.15) is 4.88 Å². The Morgan fingerprint density at radius 1 is 1.32 bits per heavy atom. The molecule has 0 saturated heterocycles. The van der Waals surface area contributed by atoms with Gasteiger partial charge in [0.05, 0.1) is 28.0 Å². The maximum atomic E-state index is 12.3. The van der Waals surface area contributed by atoms with Crippen LogP contribution in [0.3, 0.4) is 0 Å². The SMILES string of the molecule is Cc1nc(C)c(C(=O)N(C)CC(=O)Nc2ccccc2Cl)s1. The zero-order valence-corrected chi connectivity index (χ0v) is 14.1. The third-order valence-corrected chi connectivity index (χ3v) is 4.36. The van der Waals surface area contributed by atoms with Gasteiger partial charge in [-0.1, -0.05) is 23.7 Å². The zero-order chi connectivity index (χ0) is 16.3. The van der Waals surface area contributed by atoms with E-state index in [4.69, 9.17) is 11.6 Å². The molecule has 1 N–H and O–H groups in total. The van der Waals surface area contributed by atoms with Crippen molar-refractivity contribution >= 4 is 40.4 Å². The second kappa shape index (κ2) is 6.89. The van der Waals surface area contributed by atoms with Crippen LogP contribution in [0.2, 0.25) is 5.02 Å². The zero-order valence-electron chi connectivity index (χ0n) is 12.5. The molecule has 0 atom stereocenters. The number of nitrogens with zero attached hydrogens (tertiary/aromatic N) is 2. The highest BCUT2D eigenvalue weighted by molar-refractivity contribution is 7.13. The van der Waals surface area contributed by atoms with Gasteiger partial charge in [0.25, 0.3) is 5.91 Å². The monoisotopic (exact) mass is 337 g/mol. The Kier molecular flexibility index (Phi) is 5.15. The largest absolute Gasteiger partial charge is 0.332 e. The molecule has 0 spiro atoms. The number of anilines is 1. The van der Waals surface area contributed by atoms with Crippen molar-refractivity contribution in [3.05, 3.63) is 44.9 Å². The van der Waals surface area contributed by atoms with Crippen LogP contribution < -0.4 is 5.32 Å². The Labute approximate surface area is 137 Å². The van der Waals surface area contributed by atoms with Crippen LogP contribution in [-0.2, 0) is 4.79 Å². The van der Waals surface area contributed by atoms with E-state index in [0.717, 1.165) is 5.01 Å². The lowest BCUT2D eigenvalue weighted by molar-refractivity contribution is -0.116. The molecule has 1 aromatic heterocycles. The molecular weight excluding hydrogens is 322 g/mol. The second-order valence-electron chi connectivity index (χ2n) is 4.84. The van der Waals surface area contributed by atoms with E-state index in [1.54, 1.807) is 38.2 Å². The van der Waals surface area contributed by atoms with Crippen molar-refractivity contribution in [3.8, 4) is 0 Å².